The third kappa shape index (κ3) is 3.79. The van der Waals surface area contributed by atoms with E-state index in [0.29, 0.717) is 0 Å². The van der Waals surface area contributed by atoms with E-state index in [1.165, 1.54) is 0 Å². The summed E-state index contributed by atoms with van der Waals surface area (Å²) in [6.45, 7) is 6.42. The Morgan fingerprint density at radius 3 is 2.38 bits per heavy atom. The molecular weight excluding hydrogens is 208 g/mol. The minimum Gasteiger partial charge on any atom is -0.346 e. The fourth-order valence-corrected chi connectivity index (χ4v) is 1.67. The van der Waals surface area contributed by atoms with Crippen molar-refractivity contribution in [2.24, 2.45) is 5.73 Å². The number of likely N-dealkylation sites (N-methyl/N-ethyl adjacent to an activating group) is 1. The van der Waals surface area contributed by atoms with Gasteiger partial charge < -0.3 is 20.9 Å². The van der Waals surface area contributed by atoms with Gasteiger partial charge in [0.05, 0.1) is 13.1 Å². The Labute approximate surface area is 95.8 Å². The number of nitrogens with zero attached hydrogens (tertiary/aromatic N) is 2. The van der Waals surface area contributed by atoms with E-state index in [2.05, 4.69) is 17.1 Å². The van der Waals surface area contributed by atoms with Crippen LogP contribution >= 0.6 is 0 Å². The Kier molecular flexibility index (Phi) is 5.21. The number of hydrogen-bond donors (Lipinski definition) is 2. The van der Waals surface area contributed by atoms with Crippen molar-refractivity contribution in [3.63, 3.8) is 0 Å². The monoisotopic (exact) mass is 228 g/mol. The number of amides is 2. The summed E-state index contributed by atoms with van der Waals surface area (Å²) >= 11 is 0. The normalized spacial score (nSPS) is 17.2. The number of nitrogens with one attached hydrogen (secondary N) is 1. The molecule has 92 valence electrons. The first kappa shape index (κ1) is 12.9. The summed E-state index contributed by atoms with van der Waals surface area (Å²) in [7, 11) is 0. The zero-order valence-electron chi connectivity index (χ0n) is 9.74. The van der Waals surface area contributed by atoms with Crippen LogP contribution in [0, 0.1) is 0 Å². The van der Waals surface area contributed by atoms with E-state index in [9.17, 15) is 9.59 Å². The summed E-state index contributed by atoms with van der Waals surface area (Å²) in [4.78, 5) is 26.6. The highest BCUT2D eigenvalue weighted by Gasteiger charge is 2.19. The third-order valence-corrected chi connectivity index (χ3v) is 2.79. The highest BCUT2D eigenvalue weighted by molar-refractivity contribution is 5.85. The van der Waals surface area contributed by atoms with Crippen LogP contribution in [0.15, 0.2) is 0 Å². The molecule has 16 heavy (non-hydrogen) atoms. The van der Waals surface area contributed by atoms with Gasteiger partial charge in [0.2, 0.25) is 11.8 Å². The number of carbonyl (C=O) groups excluding carboxylic acids is 2. The molecule has 6 heteroatoms. The van der Waals surface area contributed by atoms with Gasteiger partial charge in [0, 0.05) is 26.2 Å². The van der Waals surface area contributed by atoms with E-state index < -0.39 is 0 Å². The van der Waals surface area contributed by atoms with Gasteiger partial charge in [0.25, 0.3) is 0 Å². The van der Waals surface area contributed by atoms with Crippen LogP contribution in [0.3, 0.4) is 0 Å². The molecule has 0 aliphatic carbocycles. The van der Waals surface area contributed by atoms with Crippen LogP contribution < -0.4 is 11.1 Å². The van der Waals surface area contributed by atoms with Crippen LogP contribution in [0.25, 0.3) is 0 Å². The molecule has 2 amide bonds. The molecule has 0 bridgehead atoms. The molecule has 0 unspecified atom stereocenters. The lowest BCUT2D eigenvalue weighted by Gasteiger charge is -2.34. The van der Waals surface area contributed by atoms with Crippen molar-refractivity contribution in [3.05, 3.63) is 0 Å². The summed E-state index contributed by atoms with van der Waals surface area (Å²) in [5.74, 6) is -0.321. The van der Waals surface area contributed by atoms with E-state index in [0.717, 1.165) is 32.7 Å². The molecule has 1 aliphatic heterocycles. The Bertz CT molecular complexity index is 249. The van der Waals surface area contributed by atoms with Gasteiger partial charge in [-0.3, -0.25) is 9.59 Å². The van der Waals surface area contributed by atoms with E-state index in [-0.39, 0.29) is 24.9 Å². The van der Waals surface area contributed by atoms with Crippen LogP contribution in [0.5, 0.6) is 0 Å². The molecular formula is C10H20N4O2. The minimum absolute atomic E-state index is 0.0300. The maximum absolute atomic E-state index is 11.7. The zero-order chi connectivity index (χ0) is 12.0. The number of carbonyl (C=O) groups is 2. The Hall–Kier alpha value is -1.14. The molecule has 6 nitrogen and oxygen atoms in total. The largest absolute Gasteiger partial charge is 0.346 e. The lowest BCUT2D eigenvalue weighted by molar-refractivity contribution is -0.134. The molecule has 0 saturated carbocycles. The van der Waals surface area contributed by atoms with Gasteiger partial charge in [-0.25, -0.2) is 0 Å². The molecule has 1 saturated heterocycles. The van der Waals surface area contributed by atoms with E-state index in [1.54, 1.807) is 4.90 Å². The minimum atomic E-state index is -0.291. The van der Waals surface area contributed by atoms with Crippen molar-refractivity contribution in [2.45, 2.75) is 6.92 Å². The molecule has 0 aromatic carbocycles. The number of nitrogens with two attached hydrogens (primary N) is 1. The molecule has 0 aromatic heterocycles. The van der Waals surface area contributed by atoms with Gasteiger partial charge in [-0.1, -0.05) is 6.92 Å². The lowest BCUT2D eigenvalue weighted by atomic mass is 10.3. The fourth-order valence-electron chi connectivity index (χ4n) is 1.67. The van der Waals surface area contributed by atoms with Crippen LogP contribution in [0.4, 0.5) is 0 Å². The maximum Gasteiger partial charge on any atom is 0.242 e. The van der Waals surface area contributed by atoms with E-state index in [4.69, 9.17) is 5.73 Å². The first-order valence-corrected chi connectivity index (χ1v) is 5.64. The number of piperazine rings is 1. The average Bonchev–Trinajstić information content (AvgIpc) is 2.35. The molecule has 1 rings (SSSR count). The highest BCUT2D eigenvalue weighted by Crippen LogP contribution is 2.00. The molecule has 3 N–H and O–H groups in total. The van der Waals surface area contributed by atoms with Crippen LogP contribution in [0.1, 0.15) is 6.92 Å². The van der Waals surface area contributed by atoms with E-state index >= 15 is 0 Å². The smallest absolute Gasteiger partial charge is 0.242 e. The number of rotatable bonds is 4. The standard InChI is InChI=1S/C10H20N4O2/c1-2-13-3-5-14(6-4-13)10(16)8-12-9(15)7-11/h2-8,11H2,1H3,(H,12,15). The second-order valence-electron chi connectivity index (χ2n) is 3.80. The SMILES string of the molecule is CCN1CCN(C(=O)CNC(=O)CN)CC1. The van der Waals surface area contributed by atoms with Crippen molar-refractivity contribution in [2.75, 3.05) is 45.8 Å². The van der Waals surface area contributed by atoms with Crippen LogP contribution in [-0.2, 0) is 9.59 Å². The van der Waals surface area contributed by atoms with Gasteiger partial charge in [0.15, 0.2) is 0 Å². The fraction of sp³-hybridized carbons (Fsp3) is 0.800. The topological polar surface area (TPSA) is 78.7 Å². The first-order chi connectivity index (χ1) is 7.67. The Morgan fingerprint density at radius 2 is 1.88 bits per heavy atom. The van der Waals surface area contributed by atoms with Crippen molar-refractivity contribution < 1.29 is 9.59 Å². The van der Waals surface area contributed by atoms with Crippen molar-refractivity contribution in [1.82, 2.24) is 15.1 Å². The van der Waals surface area contributed by atoms with Gasteiger partial charge in [-0.2, -0.15) is 0 Å². The molecule has 0 radical (unpaired) electrons. The van der Waals surface area contributed by atoms with Gasteiger partial charge in [-0.15, -0.1) is 0 Å². The van der Waals surface area contributed by atoms with Gasteiger partial charge in [-0.05, 0) is 6.54 Å². The molecule has 0 atom stereocenters. The Morgan fingerprint density at radius 1 is 1.25 bits per heavy atom. The molecule has 1 aliphatic rings. The zero-order valence-corrected chi connectivity index (χ0v) is 9.74. The lowest BCUT2D eigenvalue weighted by Crippen LogP contribution is -2.51. The number of hydrogen-bond acceptors (Lipinski definition) is 4. The van der Waals surface area contributed by atoms with Gasteiger partial charge in [0.1, 0.15) is 0 Å². The van der Waals surface area contributed by atoms with Crippen LogP contribution in [0.2, 0.25) is 0 Å². The summed E-state index contributed by atoms with van der Waals surface area (Å²) in [6.07, 6.45) is 0. The maximum atomic E-state index is 11.7. The predicted octanol–water partition coefficient (Wildman–Crippen LogP) is -1.77. The molecule has 0 spiro atoms. The summed E-state index contributed by atoms with van der Waals surface area (Å²) in [5.41, 5.74) is 5.13. The van der Waals surface area contributed by atoms with Gasteiger partial charge >= 0.3 is 0 Å². The van der Waals surface area contributed by atoms with E-state index in [1.807, 2.05) is 0 Å². The summed E-state index contributed by atoms with van der Waals surface area (Å²) in [5, 5.41) is 2.49. The Balaban J connectivity index is 2.25. The predicted molar refractivity (Wildman–Crippen MR) is 60.8 cm³/mol. The van der Waals surface area contributed by atoms with Crippen molar-refractivity contribution in [1.29, 1.82) is 0 Å². The second-order valence-corrected chi connectivity index (χ2v) is 3.80. The molecule has 0 aromatic rings. The third-order valence-electron chi connectivity index (χ3n) is 2.79. The average molecular weight is 228 g/mol. The van der Waals surface area contributed by atoms with Crippen molar-refractivity contribution in [3.8, 4) is 0 Å². The molecule has 1 heterocycles. The highest BCUT2D eigenvalue weighted by atomic mass is 16.2. The first-order valence-electron chi connectivity index (χ1n) is 5.64. The quantitative estimate of drug-likeness (QED) is 0.596. The summed E-state index contributed by atoms with van der Waals surface area (Å²) < 4.78 is 0. The van der Waals surface area contributed by atoms with Crippen molar-refractivity contribution >= 4 is 11.8 Å². The molecule has 1 fully saturated rings. The summed E-state index contributed by atoms with van der Waals surface area (Å²) in [6, 6.07) is 0. The van der Waals surface area contributed by atoms with Crippen LogP contribution in [-0.4, -0.2) is 67.4 Å². The second kappa shape index (κ2) is 6.44.